The maximum Gasteiger partial charge on any atom is 0.182 e. The summed E-state index contributed by atoms with van der Waals surface area (Å²) in [6.45, 7) is 3.24. The fourth-order valence-corrected chi connectivity index (χ4v) is 4.47. The predicted octanol–water partition coefficient (Wildman–Crippen LogP) is 7.48. The smallest absolute Gasteiger partial charge is 0.182 e. The SMILES string of the molecule is C/C(F)=C/COc1ccc2c(sc3c(F)c(Cc4ccc(C)cc4)ccc32)c1F. The summed E-state index contributed by atoms with van der Waals surface area (Å²) in [5, 5.41) is 1.33. The summed E-state index contributed by atoms with van der Waals surface area (Å²) in [6, 6.07) is 14.8. The zero-order chi connectivity index (χ0) is 20.5. The van der Waals surface area contributed by atoms with E-state index in [4.69, 9.17) is 4.74 Å². The van der Waals surface area contributed by atoms with E-state index in [2.05, 4.69) is 0 Å². The zero-order valence-electron chi connectivity index (χ0n) is 16.1. The Morgan fingerprint density at radius 3 is 2.28 bits per heavy atom. The second kappa shape index (κ2) is 7.91. The Morgan fingerprint density at radius 1 is 0.931 bits per heavy atom. The van der Waals surface area contributed by atoms with Crippen molar-refractivity contribution in [3.63, 3.8) is 0 Å². The molecular formula is C24H19F3OS. The first-order valence-corrected chi connectivity index (χ1v) is 10.1. The third-order valence-corrected chi connectivity index (χ3v) is 6.06. The van der Waals surface area contributed by atoms with Crippen LogP contribution in [0, 0.1) is 18.6 Å². The van der Waals surface area contributed by atoms with Gasteiger partial charge in [0, 0.05) is 17.2 Å². The molecule has 3 aromatic carbocycles. The Morgan fingerprint density at radius 2 is 1.59 bits per heavy atom. The van der Waals surface area contributed by atoms with Gasteiger partial charge in [-0.1, -0.05) is 42.0 Å². The zero-order valence-corrected chi connectivity index (χ0v) is 16.9. The molecule has 1 nitrogen and oxygen atoms in total. The number of allylic oxidation sites excluding steroid dienone is 1. The monoisotopic (exact) mass is 412 g/mol. The van der Waals surface area contributed by atoms with Crippen LogP contribution in [0.3, 0.4) is 0 Å². The first kappa shape index (κ1) is 19.5. The molecule has 0 unspecified atom stereocenters. The Kier molecular flexibility index (Phi) is 5.33. The fourth-order valence-electron chi connectivity index (χ4n) is 3.28. The fraction of sp³-hybridized carbons (Fsp3) is 0.167. The van der Waals surface area contributed by atoms with Gasteiger partial charge in [-0.3, -0.25) is 0 Å². The number of halogens is 3. The van der Waals surface area contributed by atoms with Crippen molar-refractivity contribution < 1.29 is 17.9 Å². The Bertz CT molecular complexity index is 1220. The van der Waals surface area contributed by atoms with E-state index in [9.17, 15) is 8.78 Å². The largest absolute Gasteiger partial charge is 0.486 e. The average molecular weight is 412 g/mol. The lowest BCUT2D eigenvalue weighted by Gasteiger charge is -2.06. The lowest BCUT2D eigenvalue weighted by atomic mass is 10.0. The van der Waals surface area contributed by atoms with Crippen molar-refractivity contribution >= 4 is 31.5 Å². The predicted molar refractivity (Wildman–Crippen MR) is 114 cm³/mol. The molecule has 0 N–H and O–H groups in total. The van der Waals surface area contributed by atoms with Crippen LogP contribution in [0.4, 0.5) is 13.2 Å². The topological polar surface area (TPSA) is 9.23 Å². The molecule has 4 rings (SSSR count). The van der Waals surface area contributed by atoms with Gasteiger partial charge in [-0.15, -0.1) is 11.3 Å². The summed E-state index contributed by atoms with van der Waals surface area (Å²) in [7, 11) is 0. The molecule has 0 bridgehead atoms. The van der Waals surface area contributed by atoms with Crippen LogP contribution in [0.5, 0.6) is 5.75 Å². The van der Waals surface area contributed by atoms with Crippen LogP contribution >= 0.6 is 11.3 Å². The molecule has 0 radical (unpaired) electrons. The van der Waals surface area contributed by atoms with Gasteiger partial charge in [0.1, 0.15) is 12.4 Å². The quantitative estimate of drug-likeness (QED) is 0.330. The molecule has 0 aliphatic rings. The number of thiophene rings is 1. The van der Waals surface area contributed by atoms with Gasteiger partial charge >= 0.3 is 0 Å². The summed E-state index contributed by atoms with van der Waals surface area (Å²) in [5.74, 6) is -1.23. The highest BCUT2D eigenvalue weighted by atomic mass is 32.1. The number of hydrogen-bond acceptors (Lipinski definition) is 2. The number of rotatable bonds is 5. The maximum absolute atomic E-state index is 15.2. The summed E-state index contributed by atoms with van der Waals surface area (Å²) in [6.07, 6.45) is 1.70. The van der Waals surface area contributed by atoms with E-state index in [0.717, 1.165) is 22.5 Å². The summed E-state index contributed by atoms with van der Waals surface area (Å²) >= 11 is 1.08. The highest BCUT2D eigenvalue weighted by Crippen LogP contribution is 2.40. The minimum Gasteiger partial charge on any atom is -0.486 e. The van der Waals surface area contributed by atoms with Crippen LogP contribution in [0.25, 0.3) is 20.2 Å². The van der Waals surface area contributed by atoms with Gasteiger partial charge in [-0.05, 0) is 43.2 Å². The van der Waals surface area contributed by atoms with E-state index in [0.29, 0.717) is 32.2 Å². The van der Waals surface area contributed by atoms with E-state index in [1.807, 2.05) is 37.3 Å². The van der Waals surface area contributed by atoms with Crippen LogP contribution in [0.15, 0.2) is 60.4 Å². The van der Waals surface area contributed by atoms with Crippen molar-refractivity contribution in [2.24, 2.45) is 0 Å². The molecule has 1 heterocycles. The van der Waals surface area contributed by atoms with Gasteiger partial charge in [0.15, 0.2) is 11.6 Å². The molecule has 0 saturated heterocycles. The highest BCUT2D eigenvalue weighted by molar-refractivity contribution is 7.25. The molecule has 0 aliphatic heterocycles. The molecule has 1 aromatic heterocycles. The van der Waals surface area contributed by atoms with Crippen molar-refractivity contribution in [2.45, 2.75) is 20.3 Å². The lowest BCUT2D eigenvalue weighted by Crippen LogP contribution is -1.96. The molecule has 0 atom stereocenters. The van der Waals surface area contributed by atoms with Gasteiger partial charge < -0.3 is 4.74 Å². The minimum absolute atomic E-state index is 0.0295. The van der Waals surface area contributed by atoms with E-state index >= 15 is 4.39 Å². The van der Waals surface area contributed by atoms with Gasteiger partial charge in [-0.2, -0.15) is 0 Å². The molecular weight excluding hydrogens is 393 g/mol. The Balaban J connectivity index is 1.73. The molecule has 0 amide bonds. The molecule has 5 heteroatoms. The van der Waals surface area contributed by atoms with Crippen LogP contribution in [0.1, 0.15) is 23.6 Å². The Hall–Kier alpha value is -2.79. The number of fused-ring (bicyclic) bond motifs is 3. The van der Waals surface area contributed by atoms with Crippen LogP contribution in [-0.2, 0) is 6.42 Å². The van der Waals surface area contributed by atoms with Gasteiger partial charge in [-0.25, -0.2) is 13.2 Å². The van der Waals surface area contributed by atoms with E-state index in [1.165, 1.54) is 19.1 Å². The van der Waals surface area contributed by atoms with Crippen LogP contribution < -0.4 is 4.74 Å². The van der Waals surface area contributed by atoms with Gasteiger partial charge in [0.05, 0.1) is 15.2 Å². The third-order valence-electron chi connectivity index (χ3n) is 4.85. The molecule has 29 heavy (non-hydrogen) atoms. The maximum atomic E-state index is 15.2. The molecule has 148 valence electrons. The summed E-state index contributed by atoms with van der Waals surface area (Å²) in [4.78, 5) is 0. The van der Waals surface area contributed by atoms with Crippen molar-refractivity contribution in [1.29, 1.82) is 0 Å². The molecule has 4 aromatic rings. The van der Waals surface area contributed by atoms with Gasteiger partial charge in [0.2, 0.25) is 0 Å². The summed E-state index contributed by atoms with van der Waals surface area (Å²) < 4.78 is 49.0. The number of ether oxygens (including phenoxy) is 1. The molecule has 0 spiro atoms. The second-order valence-corrected chi connectivity index (χ2v) is 8.06. The number of aryl methyl sites for hydroxylation is 1. The van der Waals surface area contributed by atoms with Crippen molar-refractivity contribution in [3.05, 3.63) is 88.8 Å². The van der Waals surface area contributed by atoms with Crippen LogP contribution in [0.2, 0.25) is 0 Å². The standard InChI is InChI=1S/C24H19F3OS/c1-14-3-5-16(6-4-14)13-17-7-8-18-19-9-10-20(28-12-11-15(2)25)22(27)24(19)29-23(18)21(17)26/h3-11H,12-13H2,1-2H3/b15-11-. The summed E-state index contributed by atoms with van der Waals surface area (Å²) in [5.41, 5.74) is 2.75. The van der Waals surface area contributed by atoms with Crippen molar-refractivity contribution in [2.75, 3.05) is 6.61 Å². The first-order valence-electron chi connectivity index (χ1n) is 9.26. The third kappa shape index (κ3) is 3.87. The van der Waals surface area contributed by atoms with Crippen molar-refractivity contribution in [1.82, 2.24) is 0 Å². The highest BCUT2D eigenvalue weighted by Gasteiger charge is 2.18. The van der Waals surface area contributed by atoms with E-state index in [-0.39, 0.29) is 18.2 Å². The Labute approximate surface area is 171 Å². The van der Waals surface area contributed by atoms with E-state index in [1.54, 1.807) is 12.1 Å². The normalized spacial score (nSPS) is 12.1. The second-order valence-electron chi connectivity index (χ2n) is 7.04. The number of hydrogen-bond donors (Lipinski definition) is 0. The first-order chi connectivity index (χ1) is 13.9. The lowest BCUT2D eigenvalue weighted by molar-refractivity contribution is 0.340. The van der Waals surface area contributed by atoms with Gasteiger partial charge in [0.25, 0.3) is 0 Å². The van der Waals surface area contributed by atoms with Crippen LogP contribution in [-0.4, -0.2) is 6.61 Å². The molecule has 0 aliphatic carbocycles. The average Bonchev–Trinajstić information content (AvgIpc) is 3.08. The number of benzene rings is 3. The molecule has 0 saturated carbocycles. The van der Waals surface area contributed by atoms with E-state index < -0.39 is 11.6 Å². The van der Waals surface area contributed by atoms with Crippen molar-refractivity contribution in [3.8, 4) is 5.75 Å². The minimum atomic E-state index is -0.548. The molecule has 0 fully saturated rings.